The minimum absolute atomic E-state index is 0.340. The molecule has 2 aliphatic heterocycles. The van der Waals surface area contributed by atoms with E-state index in [1.54, 1.807) is 0 Å². The van der Waals surface area contributed by atoms with Gasteiger partial charge in [-0.15, -0.1) is 0 Å². The Bertz CT molecular complexity index is 729. The summed E-state index contributed by atoms with van der Waals surface area (Å²) in [4.78, 5) is 2.34. The first-order valence-electron chi connectivity index (χ1n) is 8.16. The van der Waals surface area contributed by atoms with Gasteiger partial charge in [-0.1, -0.05) is 12.1 Å². The van der Waals surface area contributed by atoms with Gasteiger partial charge in [-0.05, 0) is 48.7 Å². The number of hydrogen-bond acceptors (Lipinski definition) is 4. The van der Waals surface area contributed by atoms with Gasteiger partial charge in [-0.2, -0.15) is 0 Å². The zero-order valence-electron chi connectivity index (χ0n) is 13.6. The molecule has 4 nitrogen and oxygen atoms in total. The van der Waals surface area contributed by atoms with Crippen LogP contribution < -0.4 is 19.7 Å². The second-order valence-electron chi connectivity index (χ2n) is 6.36. The number of ether oxygens (including phenoxy) is 2. The van der Waals surface area contributed by atoms with Gasteiger partial charge in [0.05, 0.1) is 17.4 Å². The number of rotatable bonds is 2. The Kier molecular flexibility index (Phi) is 3.52. The van der Waals surface area contributed by atoms with Gasteiger partial charge >= 0.3 is 0 Å². The monoisotopic (exact) mass is 310 g/mol. The van der Waals surface area contributed by atoms with Crippen molar-refractivity contribution in [3.8, 4) is 11.5 Å². The van der Waals surface area contributed by atoms with E-state index in [1.165, 1.54) is 16.8 Å². The number of likely N-dealkylation sites (N-methyl/N-ethyl adjacent to an activating group) is 1. The molecule has 23 heavy (non-hydrogen) atoms. The van der Waals surface area contributed by atoms with E-state index >= 15 is 0 Å². The highest BCUT2D eigenvalue weighted by atomic mass is 16.5. The Balaban J connectivity index is 1.55. The van der Waals surface area contributed by atoms with Crippen LogP contribution in [0.3, 0.4) is 0 Å². The van der Waals surface area contributed by atoms with Crippen LogP contribution in [0.25, 0.3) is 0 Å². The van der Waals surface area contributed by atoms with Crippen molar-refractivity contribution in [2.45, 2.75) is 19.4 Å². The van der Waals surface area contributed by atoms with Crippen molar-refractivity contribution in [1.82, 2.24) is 0 Å². The van der Waals surface area contributed by atoms with E-state index < -0.39 is 0 Å². The quantitative estimate of drug-likeness (QED) is 0.923. The van der Waals surface area contributed by atoms with E-state index in [0.29, 0.717) is 12.6 Å². The van der Waals surface area contributed by atoms with E-state index in [4.69, 9.17) is 9.47 Å². The van der Waals surface area contributed by atoms with Gasteiger partial charge in [0.25, 0.3) is 0 Å². The van der Waals surface area contributed by atoms with Crippen molar-refractivity contribution in [2.24, 2.45) is 0 Å². The molecule has 1 atom stereocenters. The number of fused-ring (bicyclic) bond motifs is 2. The topological polar surface area (TPSA) is 33.7 Å². The van der Waals surface area contributed by atoms with Crippen LogP contribution in [0.4, 0.5) is 11.4 Å². The lowest BCUT2D eigenvalue weighted by Gasteiger charge is -2.36. The maximum absolute atomic E-state index is 5.96. The van der Waals surface area contributed by atoms with Crippen molar-refractivity contribution in [3.63, 3.8) is 0 Å². The average molecular weight is 310 g/mol. The molecule has 0 spiro atoms. The van der Waals surface area contributed by atoms with Gasteiger partial charge in [-0.3, -0.25) is 0 Å². The summed E-state index contributed by atoms with van der Waals surface area (Å²) in [5, 5.41) is 3.40. The number of nitrogens with one attached hydrogen (secondary N) is 1. The highest BCUT2D eigenvalue weighted by Crippen LogP contribution is 2.35. The van der Waals surface area contributed by atoms with E-state index in [1.807, 2.05) is 0 Å². The summed E-state index contributed by atoms with van der Waals surface area (Å²) in [7, 11) is 2.16. The highest BCUT2D eigenvalue weighted by Gasteiger charge is 2.25. The molecule has 4 rings (SSSR count). The maximum atomic E-state index is 5.96. The van der Waals surface area contributed by atoms with Crippen LogP contribution >= 0.6 is 0 Å². The van der Waals surface area contributed by atoms with Crippen molar-refractivity contribution in [3.05, 3.63) is 47.5 Å². The Morgan fingerprint density at radius 2 is 2.00 bits per heavy atom. The molecule has 1 N–H and O–H groups in total. The molecule has 2 aromatic rings. The molecule has 0 fully saturated rings. The van der Waals surface area contributed by atoms with E-state index in [9.17, 15) is 0 Å². The number of hydrogen-bond donors (Lipinski definition) is 1. The minimum Gasteiger partial charge on any atom is -0.490 e. The van der Waals surface area contributed by atoms with Crippen molar-refractivity contribution in [1.29, 1.82) is 0 Å². The summed E-state index contributed by atoms with van der Waals surface area (Å²) in [6.07, 6.45) is 0.957. The van der Waals surface area contributed by atoms with Gasteiger partial charge in [0, 0.05) is 13.6 Å². The minimum atomic E-state index is 0.340. The molecule has 0 radical (unpaired) electrons. The fourth-order valence-electron chi connectivity index (χ4n) is 3.30. The molecule has 0 saturated carbocycles. The summed E-state index contributed by atoms with van der Waals surface area (Å²) in [6.45, 7) is 4.44. The van der Waals surface area contributed by atoms with Crippen LogP contribution in [0.5, 0.6) is 11.5 Å². The van der Waals surface area contributed by atoms with Crippen LogP contribution in [0, 0.1) is 6.92 Å². The lowest BCUT2D eigenvalue weighted by Crippen LogP contribution is -2.41. The molecular weight excluding hydrogens is 288 g/mol. The van der Waals surface area contributed by atoms with Gasteiger partial charge in [0.1, 0.15) is 24.7 Å². The summed E-state index contributed by atoms with van der Waals surface area (Å²) in [6, 6.07) is 13.1. The largest absolute Gasteiger partial charge is 0.490 e. The SMILES string of the molecule is Cc1ccc2c(c1)N(C)C(Cc1ccc3c(c1)NCCO3)CO2. The first-order valence-corrected chi connectivity index (χ1v) is 8.16. The second kappa shape index (κ2) is 5.69. The van der Waals surface area contributed by atoms with Gasteiger partial charge in [0.15, 0.2) is 0 Å². The number of benzene rings is 2. The van der Waals surface area contributed by atoms with Crippen molar-refractivity contribution >= 4 is 11.4 Å². The fraction of sp³-hybridized carbons (Fsp3) is 0.368. The molecule has 120 valence electrons. The molecule has 0 bridgehead atoms. The molecule has 1 unspecified atom stereocenters. The maximum Gasteiger partial charge on any atom is 0.142 e. The number of nitrogens with zero attached hydrogens (tertiary/aromatic N) is 1. The lowest BCUT2D eigenvalue weighted by molar-refractivity contribution is 0.265. The Morgan fingerprint density at radius 3 is 2.91 bits per heavy atom. The van der Waals surface area contributed by atoms with Crippen molar-refractivity contribution < 1.29 is 9.47 Å². The van der Waals surface area contributed by atoms with Gasteiger partial charge in [-0.25, -0.2) is 0 Å². The number of aryl methyl sites for hydroxylation is 1. The smallest absolute Gasteiger partial charge is 0.142 e. The first kappa shape index (κ1) is 14.2. The van der Waals surface area contributed by atoms with Crippen LogP contribution in [0.15, 0.2) is 36.4 Å². The van der Waals surface area contributed by atoms with Crippen LogP contribution in [0.1, 0.15) is 11.1 Å². The molecule has 0 aromatic heterocycles. The van der Waals surface area contributed by atoms with E-state index in [2.05, 4.69) is 60.6 Å². The molecule has 4 heteroatoms. The highest BCUT2D eigenvalue weighted by molar-refractivity contribution is 5.62. The summed E-state index contributed by atoms with van der Waals surface area (Å²) in [5.74, 6) is 1.93. The lowest BCUT2D eigenvalue weighted by atomic mass is 10.0. The molecule has 2 aliphatic rings. The predicted molar refractivity (Wildman–Crippen MR) is 93.0 cm³/mol. The van der Waals surface area contributed by atoms with E-state index in [-0.39, 0.29) is 0 Å². The third kappa shape index (κ3) is 2.69. The summed E-state index contributed by atoms with van der Waals surface area (Å²) < 4.78 is 11.6. The van der Waals surface area contributed by atoms with Crippen LogP contribution in [0.2, 0.25) is 0 Å². The molecule has 0 aliphatic carbocycles. The first-order chi connectivity index (χ1) is 11.2. The second-order valence-corrected chi connectivity index (χ2v) is 6.36. The third-order valence-electron chi connectivity index (χ3n) is 4.66. The predicted octanol–water partition coefficient (Wildman–Crippen LogP) is 3.24. The molecule has 2 heterocycles. The average Bonchev–Trinajstić information content (AvgIpc) is 2.58. The summed E-state index contributed by atoms with van der Waals surface area (Å²) >= 11 is 0. The molecule has 2 aromatic carbocycles. The number of anilines is 2. The Labute approximate surface area is 137 Å². The third-order valence-corrected chi connectivity index (χ3v) is 4.66. The zero-order chi connectivity index (χ0) is 15.8. The molecule has 0 amide bonds. The Morgan fingerprint density at radius 1 is 1.13 bits per heavy atom. The van der Waals surface area contributed by atoms with Crippen molar-refractivity contribution in [2.75, 3.05) is 37.0 Å². The van der Waals surface area contributed by atoms with Crippen LogP contribution in [-0.4, -0.2) is 32.8 Å². The molecule has 0 saturated heterocycles. The standard InChI is InChI=1S/C19H22N2O2/c1-13-3-5-19-17(9-13)21(2)15(12-23-19)10-14-4-6-18-16(11-14)20-7-8-22-18/h3-6,9,11,15,20H,7-8,10,12H2,1-2H3. The fourth-order valence-corrected chi connectivity index (χ4v) is 3.30. The normalized spacial score (nSPS) is 19.0. The van der Waals surface area contributed by atoms with E-state index in [0.717, 1.165) is 36.8 Å². The van der Waals surface area contributed by atoms with Gasteiger partial charge < -0.3 is 19.7 Å². The summed E-state index contributed by atoms with van der Waals surface area (Å²) in [5.41, 5.74) is 4.85. The van der Waals surface area contributed by atoms with Crippen LogP contribution in [-0.2, 0) is 6.42 Å². The zero-order valence-corrected chi connectivity index (χ0v) is 13.6. The van der Waals surface area contributed by atoms with Gasteiger partial charge in [0.2, 0.25) is 0 Å². The molecular formula is C19H22N2O2. The Hall–Kier alpha value is -2.36.